The molecule has 2 aliphatic rings. The van der Waals surface area contributed by atoms with Crippen molar-refractivity contribution in [1.82, 2.24) is 25.3 Å². The number of benzene rings is 2. The van der Waals surface area contributed by atoms with Crippen molar-refractivity contribution in [3.63, 3.8) is 0 Å². The van der Waals surface area contributed by atoms with Crippen molar-refractivity contribution >= 4 is 33.9 Å². The number of rotatable bonds is 10. The van der Waals surface area contributed by atoms with Gasteiger partial charge in [0.25, 0.3) is 0 Å². The average molecular weight is 532 g/mol. The molecule has 10 nitrogen and oxygen atoms in total. The number of hydrazine groups is 1. The maximum absolute atomic E-state index is 11.7. The molecule has 3 N–H and O–H groups in total. The van der Waals surface area contributed by atoms with Crippen LogP contribution in [0.3, 0.4) is 0 Å². The topological polar surface area (TPSA) is 109 Å². The highest BCUT2D eigenvalue weighted by atomic mass is 16.5. The van der Waals surface area contributed by atoms with E-state index in [9.17, 15) is 4.79 Å². The smallest absolute Gasteiger partial charge is 0.221 e. The fourth-order valence-electron chi connectivity index (χ4n) is 5.31. The van der Waals surface area contributed by atoms with Crippen LogP contribution >= 0.6 is 0 Å². The Bertz CT molecular complexity index is 1340. The van der Waals surface area contributed by atoms with Gasteiger partial charge in [-0.1, -0.05) is 0 Å². The van der Waals surface area contributed by atoms with Crippen molar-refractivity contribution in [2.45, 2.75) is 19.3 Å². The Morgan fingerprint density at radius 1 is 1.13 bits per heavy atom. The molecule has 1 aromatic heterocycles. The summed E-state index contributed by atoms with van der Waals surface area (Å²) in [6.07, 6.45) is 6.65. The summed E-state index contributed by atoms with van der Waals surface area (Å²) in [6, 6.07) is 12.1. The maximum Gasteiger partial charge on any atom is 0.221 e. The average Bonchev–Trinajstić information content (AvgIpc) is 3.40. The molecular weight excluding hydrogens is 494 g/mol. The van der Waals surface area contributed by atoms with Crippen molar-refractivity contribution in [1.29, 1.82) is 0 Å². The number of likely N-dealkylation sites (tertiary alicyclic amines) is 1. The number of nitrogens with two attached hydrogens (primary N) is 1. The zero-order valence-corrected chi connectivity index (χ0v) is 22.9. The molecule has 1 amide bonds. The van der Waals surface area contributed by atoms with E-state index in [1.54, 1.807) is 14.2 Å². The largest absolute Gasteiger partial charge is 0.497 e. The van der Waals surface area contributed by atoms with Gasteiger partial charge in [0.05, 0.1) is 43.1 Å². The van der Waals surface area contributed by atoms with Crippen LogP contribution in [0, 0.1) is 5.92 Å². The van der Waals surface area contributed by atoms with E-state index in [1.807, 2.05) is 48.7 Å². The third kappa shape index (κ3) is 6.23. The summed E-state index contributed by atoms with van der Waals surface area (Å²) >= 11 is 0. The van der Waals surface area contributed by atoms with Crippen LogP contribution in [0.5, 0.6) is 11.5 Å². The summed E-state index contributed by atoms with van der Waals surface area (Å²) in [4.78, 5) is 26.0. The van der Waals surface area contributed by atoms with Crippen molar-refractivity contribution in [3.8, 4) is 11.5 Å². The van der Waals surface area contributed by atoms with E-state index in [-0.39, 0.29) is 11.8 Å². The monoisotopic (exact) mass is 531 g/mol. The molecule has 1 atom stereocenters. The van der Waals surface area contributed by atoms with E-state index < -0.39 is 0 Å². The first-order chi connectivity index (χ1) is 18.9. The number of nitrogens with one attached hydrogen (secondary N) is 1. The highest BCUT2D eigenvalue weighted by molar-refractivity contribution is 5.82. The Morgan fingerprint density at radius 3 is 2.62 bits per heavy atom. The summed E-state index contributed by atoms with van der Waals surface area (Å²) in [6.45, 7) is 4.08. The van der Waals surface area contributed by atoms with Gasteiger partial charge in [0.2, 0.25) is 5.91 Å². The number of fused-ring (bicyclic) bond motifs is 1. The van der Waals surface area contributed by atoms with Gasteiger partial charge in [0, 0.05) is 68.0 Å². The lowest BCUT2D eigenvalue weighted by Gasteiger charge is -2.32. The number of hydrogen-bond donors (Lipinski definition) is 2. The fourth-order valence-corrected chi connectivity index (χ4v) is 5.31. The molecular formula is C29H37N7O3. The minimum absolute atomic E-state index is 0.0595. The first-order valence-electron chi connectivity index (χ1n) is 13.4. The van der Waals surface area contributed by atoms with Crippen LogP contribution in [0.4, 0.5) is 11.4 Å². The van der Waals surface area contributed by atoms with Crippen molar-refractivity contribution in [2.75, 3.05) is 58.9 Å². The highest BCUT2D eigenvalue weighted by Crippen LogP contribution is 2.34. The molecule has 1 unspecified atom stereocenters. The lowest BCUT2D eigenvalue weighted by molar-refractivity contribution is -0.123. The molecule has 3 heterocycles. The Labute approximate surface area is 229 Å². The molecule has 0 radical (unpaired) electrons. The molecule has 0 spiro atoms. The normalized spacial score (nSPS) is 17.8. The van der Waals surface area contributed by atoms with Crippen LogP contribution in [-0.4, -0.2) is 79.8 Å². The van der Waals surface area contributed by atoms with Gasteiger partial charge in [-0.05, 0) is 50.6 Å². The van der Waals surface area contributed by atoms with Gasteiger partial charge in [-0.25, -0.2) is 10.4 Å². The number of carbonyl (C=O) groups is 1. The predicted molar refractivity (Wildman–Crippen MR) is 153 cm³/mol. The molecule has 3 aromatic rings. The van der Waals surface area contributed by atoms with E-state index in [2.05, 4.69) is 32.3 Å². The molecule has 0 aliphatic carbocycles. The van der Waals surface area contributed by atoms with Crippen LogP contribution in [0.1, 0.15) is 25.0 Å². The number of ether oxygens (including phenoxy) is 2. The lowest BCUT2D eigenvalue weighted by atomic mass is 9.97. The Balaban J connectivity index is 1.44. The first-order valence-corrected chi connectivity index (χ1v) is 13.4. The number of nitrogens with zero attached hydrogens (tertiary/aromatic N) is 5. The van der Waals surface area contributed by atoms with Gasteiger partial charge in [-0.3, -0.25) is 9.78 Å². The number of primary amides is 1. The van der Waals surface area contributed by atoms with Gasteiger partial charge < -0.3 is 30.0 Å². The van der Waals surface area contributed by atoms with Gasteiger partial charge in [-0.15, -0.1) is 0 Å². The molecule has 10 heteroatoms. The molecule has 0 saturated carbocycles. The highest BCUT2D eigenvalue weighted by Gasteiger charge is 2.24. The van der Waals surface area contributed by atoms with E-state index in [0.717, 1.165) is 97.2 Å². The number of amides is 1. The van der Waals surface area contributed by atoms with E-state index in [1.165, 1.54) is 0 Å². The molecule has 1 saturated heterocycles. The summed E-state index contributed by atoms with van der Waals surface area (Å²) in [5.74, 6) is 1.19. The second-order valence-corrected chi connectivity index (χ2v) is 10.1. The Kier molecular flexibility index (Phi) is 8.13. The minimum Gasteiger partial charge on any atom is -0.497 e. The quantitative estimate of drug-likeness (QED) is 0.408. The van der Waals surface area contributed by atoms with Crippen molar-refractivity contribution < 1.29 is 14.3 Å². The lowest BCUT2D eigenvalue weighted by Crippen LogP contribution is -2.42. The molecule has 5 rings (SSSR count). The Morgan fingerprint density at radius 2 is 1.92 bits per heavy atom. The number of anilines is 2. The fraction of sp³-hybridized carbons (Fsp3) is 0.414. The van der Waals surface area contributed by atoms with E-state index >= 15 is 0 Å². The van der Waals surface area contributed by atoms with Gasteiger partial charge in [0.1, 0.15) is 11.5 Å². The summed E-state index contributed by atoms with van der Waals surface area (Å²) in [5, 5.41) is 1.93. The molecule has 2 aromatic carbocycles. The van der Waals surface area contributed by atoms with E-state index in [0.29, 0.717) is 0 Å². The van der Waals surface area contributed by atoms with Crippen molar-refractivity contribution in [2.24, 2.45) is 11.7 Å². The van der Waals surface area contributed by atoms with Crippen LogP contribution in [-0.2, 0) is 4.79 Å². The third-order valence-corrected chi connectivity index (χ3v) is 7.45. The second kappa shape index (κ2) is 11.9. The Hall–Kier alpha value is -3.89. The number of aromatic nitrogens is 2. The van der Waals surface area contributed by atoms with E-state index in [4.69, 9.17) is 20.2 Å². The van der Waals surface area contributed by atoms with Gasteiger partial charge in [0.15, 0.2) is 0 Å². The minimum atomic E-state index is -0.197. The molecule has 206 valence electrons. The molecule has 0 bridgehead atoms. The second-order valence-electron chi connectivity index (χ2n) is 10.1. The SMILES string of the molecule is COc1cc(OC)cc(N(CCCN2CCCC(C(N)=O)C2)c2ccc3ncc(C4=CN(C)NC4)nc3c2)c1. The molecule has 2 aliphatic heterocycles. The predicted octanol–water partition coefficient (Wildman–Crippen LogP) is 3.16. The van der Waals surface area contributed by atoms with Crippen molar-refractivity contribution in [3.05, 3.63) is 54.5 Å². The van der Waals surface area contributed by atoms with Gasteiger partial charge >= 0.3 is 0 Å². The van der Waals surface area contributed by atoms with Crippen LogP contribution in [0.15, 0.2) is 48.8 Å². The summed E-state index contributed by atoms with van der Waals surface area (Å²) < 4.78 is 11.1. The summed E-state index contributed by atoms with van der Waals surface area (Å²) in [5.41, 5.74) is 14.5. The zero-order chi connectivity index (χ0) is 27.4. The number of hydrogen-bond acceptors (Lipinski definition) is 9. The first kappa shape index (κ1) is 26.7. The molecule has 39 heavy (non-hydrogen) atoms. The van der Waals surface area contributed by atoms with Crippen LogP contribution < -0.4 is 25.5 Å². The van der Waals surface area contributed by atoms with Gasteiger partial charge in [-0.2, -0.15) is 0 Å². The van der Waals surface area contributed by atoms with Crippen LogP contribution in [0.2, 0.25) is 0 Å². The summed E-state index contributed by atoms with van der Waals surface area (Å²) in [7, 11) is 5.29. The standard InChI is InChI=1S/C29H37N7O3/c1-34-18-21(16-32-34)28-17-31-26-8-7-22(14-27(26)33-28)36(23-12-24(38-2)15-25(13-23)39-3)11-5-10-35-9-4-6-20(19-35)29(30)37/h7-8,12-15,17-18,20,32H,4-6,9-11,16,19H2,1-3H3,(H2,30,37). The number of carbonyl (C=O) groups excluding carboxylic acids is 1. The molecule has 1 fully saturated rings. The third-order valence-electron chi connectivity index (χ3n) is 7.45. The number of methoxy groups -OCH3 is 2. The maximum atomic E-state index is 11.7. The number of piperidine rings is 1. The zero-order valence-electron chi connectivity index (χ0n) is 22.9. The van der Waals surface area contributed by atoms with Crippen LogP contribution in [0.25, 0.3) is 16.6 Å².